The Balaban J connectivity index is 1.83. The lowest BCUT2D eigenvalue weighted by Gasteiger charge is -2.25. The molecule has 1 saturated heterocycles. The summed E-state index contributed by atoms with van der Waals surface area (Å²) >= 11 is 0. The third kappa shape index (κ3) is 8.14. The van der Waals surface area contributed by atoms with E-state index in [1.807, 2.05) is 20.8 Å². The summed E-state index contributed by atoms with van der Waals surface area (Å²) in [5.74, 6) is 1.16. The highest BCUT2D eigenvalue weighted by Crippen LogP contribution is 2.32. The Morgan fingerprint density at radius 3 is 2.67 bits per heavy atom. The molecule has 2 N–H and O–H groups in total. The van der Waals surface area contributed by atoms with Crippen molar-refractivity contribution in [3.05, 3.63) is 35.4 Å². The number of rotatable bonds is 10. The van der Waals surface area contributed by atoms with Gasteiger partial charge in [0.15, 0.2) is 5.96 Å². The average Bonchev–Trinajstić information content (AvgIpc) is 3.21. The smallest absolute Gasteiger partial charge is 0.381 e. The molecule has 1 aromatic rings. The van der Waals surface area contributed by atoms with Crippen LogP contribution in [0.5, 0.6) is 0 Å². The Morgan fingerprint density at radius 2 is 2.00 bits per heavy atom. The normalized spacial score (nSPS) is 17.9. The van der Waals surface area contributed by atoms with Gasteiger partial charge in [-0.15, -0.1) is 0 Å². The molecule has 1 aliphatic rings. The van der Waals surface area contributed by atoms with E-state index in [1.54, 1.807) is 6.07 Å². The molecule has 0 aromatic heterocycles. The molecule has 0 spiro atoms. The number of ether oxygens (including phenoxy) is 2. The molecule has 0 radical (unpaired) electrons. The van der Waals surface area contributed by atoms with Gasteiger partial charge in [0.05, 0.1) is 25.3 Å². The molecule has 8 heteroatoms. The Morgan fingerprint density at radius 1 is 1.23 bits per heavy atom. The Labute approximate surface area is 177 Å². The fourth-order valence-corrected chi connectivity index (χ4v) is 3.17. The topological polar surface area (TPSA) is 54.9 Å². The number of nitrogens with zero attached hydrogens (tertiary/aromatic N) is 1. The first-order chi connectivity index (χ1) is 14.2. The summed E-state index contributed by atoms with van der Waals surface area (Å²) in [5.41, 5.74) is -0.553. The lowest BCUT2D eigenvalue weighted by Crippen LogP contribution is -2.39. The third-order valence-corrected chi connectivity index (χ3v) is 5.08. The number of aliphatic imine (C=N–C) groups is 1. The molecule has 2 rings (SSSR count). The van der Waals surface area contributed by atoms with E-state index in [2.05, 4.69) is 15.6 Å². The molecule has 1 aromatic carbocycles. The molecule has 1 fully saturated rings. The van der Waals surface area contributed by atoms with Crippen molar-refractivity contribution in [1.29, 1.82) is 0 Å². The minimum absolute atomic E-state index is 0.363. The molecule has 0 amide bonds. The van der Waals surface area contributed by atoms with Gasteiger partial charge in [-0.3, -0.25) is 4.99 Å². The number of nitrogens with one attached hydrogen (secondary N) is 2. The van der Waals surface area contributed by atoms with E-state index >= 15 is 0 Å². The zero-order chi connectivity index (χ0) is 22.0. The highest BCUT2D eigenvalue weighted by Gasteiger charge is 2.32. The van der Waals surface area contributed by atoms with Gasteiger partial charge in [0.1, 0.15) is 0 Å². The molecule has 0 aliphatic carbocycles. The minimum Gasteiger partial charge on any atom is -0.381 e. The van der Waals surface area contributed by atoms with Crippen molar-refractivity contribution in [2.75, 3.05) is 46.1 Å². The first-order valence-electron chi connectivity index (χ1n) is 10.6. The zero-order valence-corrected chi connectivity index (χ0v) is 18.1. The first kappa shape index (κ1) is 24.5. The van der Waals surface area contributed by atoms with Crippen LogP contribution in [-0.2, 0) is 21.1 Å². The molecule has 30 heavy (non-hydrogen) atoms. The van der Waals surface area contributed by atoms with E-state index in [-0.39, 0.29) is 0 Å². The number of alkyl halides is 3. The molecule has 1 atom stereocenters. The lowest BCUT2D eigenvalue weighted by atomic mass is 9.84. The van der Waals surface area contributed by atoms with Gasteiger partial charge in [0.25, 0.3) is 0 Å². The van der Waals surface area contributed by atoms with E-state index in [1.165, 1.54) is 12.1 Å². The second-order valence-electron chi connectivity index (χ2n) is 8.24. The molecular weight excluding hydrogens is 395 g/mol. The molecule has 1 heterocycles. The zero-order valence-electron chi connectivity index (χ0n) is 18.1. The van der Waals surface area contributed by atoms with Gasteiger partial charge in [0, 0.05) is 37.6 Å². The van der Waals surface area contributed by atoms with E-state index in [0.29, 0.717) is 43.7 Å². The maximum atomic E-state index is 13.0. The van der Waals surface area contributed by atoms with Crippen LogP contribution in [0.25, 0.3) is 0 Å². The van der Waals surface area contributed by atoms with Crippen LogP contribution in [0.1, 0.15) is 44.7 Å². The van der Waals surface area contributed by atoms with Crippen LogP contribution in [0.4, 0.5) is 13.2 Å². The van der Waals surface area contributed by atoms with Gasteiger partial charge >= 0.3 is 6.18 Å². The van der Waals surface area contributed by atoms with Crippen LogP contribution in [0.15, 0.2) is 29.3 Å². The molecule has 0 bridgehead atoms. The van der Waals surface area contributed by atoms with E-state index in [0.717, 1.165) is 38.7 Å². The highest BCUT2D eigenvalue weighted by molar-refractivity contribution is 5.79. The number of hydrogen-bond acceptors (Lipinski definition) is 3. The SMILES string of the molecule is CCNC(=NCC(C)(C)c1cccc(C(F)(F)F)c1)NCCCOCC1CCOC1. The quantitative estimate of drug-likeness (QED) is 0.336. The predicted octanol–water partition coefficient (Wildman–Crippen LogP) is 3.98. The van der Waals surface area contributed by atoms with Crippen LogP contribution < -0.4 is 10.6 Å². The third-order valence-electron chi connectivity index (χ3n) is 5.08. The van der Waals surface area contributed by atoms with Crippen LogP contribution in [0.3, 0.4) is 0 Å². The van der Waals surface area contributed by atoms with Gasteiger partial charge in [-0.2, -0.15) is 13.2 Å². The summed E-state index contributed by atoms with van der Waals surface area (Å²) in [6, 6.07) is 5.47. The maximum absolute atomic E-state index is 13.0. The summed E-state index contributed by atoms with van der Waals surface area (Å²) in [6.45, 7) is 10.6. The van der Waals surface area contributed by atoms with Crippen molar-refractivity contribution < 1.29 is 22.6 Å². The minimum atomic E-state index is -4.35. The lowest BCUT2D eigenvalue weighted by molar-refractivity contribution is -0.137. The summed E-state index contributed by atoms with van der Waals surface area (Å²) < 4.78 is 50.1. The maximum Gasteiger partial charge on any atom is 0.416 e. The fourth-order valence-electron chi connectivity index (χ4n) is 3.17. The monoisotopic (exact) mass is 429 g/mol. The van der Waals surface area contributed by atoms with E-state index < -0.39 is 17.2 Å². The molecular formula is C22H34F3N3O2. The van der Waals surface area contributed by atoms with Crippen LogP contribution in [0, 0.1) is 5.92 Å². The second-order valence-corrected chi connectivity index (χ2v) is 8.24. The highest BCUT2D eigenvalue weighted by atomic mass is 19.4. The van der Waals surface area contributed by atoms with Crippen molar-refractivity contribution in [3.8, 4) is 0 Å². The first-order valence-corrected chi connectivity index (χ1v) is 10.6. The van der Waals surface area contributed by atoms with Crippen LogP contribution in [0.2, 0.25) is 0 Å². The fraction of sp³-hybridized carbons (Fsp3) is 0.682. The summed E-state index contributed by atoms with van der Waals surface area (Å²) in [5, 5.41) is 6.44. The van der Waals surface area contributed by atoms with E-state index in [4.69, 9.17) is 9.47 Å². The number of hydrogen-bond donors (Lipinski definition) is 2. The largest absolute Gasteiger partial charge is 0.416 e. The van der Waals surface area contributed by atoms with Crippen molar-refractivity contribution in [3.63, 3.8) is 0 Å². The number of benzene rings is 1. The van der Waals surface area contributed by atoms with Crippen molar-refractivity contribution in [2.45, 2.75) is 45.2 Å². The van der Waals surface area contributed by atoms with Gasteiger partial charge in [-0.25, -0.2) is 0 Å². The summed E-state index contributed by atoms with van der Waals surface area (Å²) in [6.07, 6.45) is -2.44. The van der Waals surface area contributed by atoms with Gasteiger partial charge in [0.2, 0.25) is 0 Å². The second kappa shape index (κ2) is 11.6. The number of guanidine groups is 1. The molecule has 0 saturated carbocycles. The molecule has 1 aliphatic heterocycles. The Hall–Kier alpha value is -1.80. The van der Waals surface area contributed by atoms with Crippen LogP contribution >= 0.6 is 0 Å². The number of halogens is 3. The van der Waals surface area contributed by atoms with Crippen molar-refractivity contribution >= 4 is 5.96 Å². The summed E-state index contributed by atoms with van der Waals surface area (Å²) in [4.78, 5) is 4.59. The van der Waals surface area contributed by atoms with Gasteiger partial charge in [-0.05, 0) is 31.4 Å². The van der Waals surface area contributed by atoms with Gasteiger partial charge < -0.3 is 20.1 Å². The van der Waals surface area contributed by atoms with E-state index in [9.17, 15) is 13.2 Å². The van der Waals surface area contributed by atoms with Crippen LogP contribution in [-0.4, -0.2) is 52.0 Å². The standard InChI is InChI=1S/C22H34F3N3O2/c1-4-26-20(27-10-6-11-29-14-17-9-12-30-15-17)28-16-21(2,3)18-7-5-8-19(13-18)22(23,24)25/h5,7-8,13,17H,4,6,9-12,14-16H2,1-3H3,(H2,26,27,28). The predicted molar refractivity (Wildman–Crippen MR) is 113 cm³/mol. The molecule has 5 nitrogen and oxygen atoms in total. The average molecular weight is 430 g/mol. The Kier molecular flexibility index (Phi) is 9.42. The Bertz CT molecular complexity index is 672. The van der Waals surface area contributed by atoms with Crippen molar-refractivity contribution in [2.24, 2.45) is 10.9 Å². The van der Waals surface area contributed by atoms with Crippen molar-refractivity contribution in [1.82, 2.24) is 10.6 Å². The summed E-state index contributed by atoms with van der Waals surface area (Å²) in [7, 11) is 0. The molecule has 1 unspecified atom stereocenters. The molecule has 170 valence electrons. The van der Waals surface area contributed by atoms with Gasteiger partial charge in [-0.1, -0.05) is 32.0 Å².